The Morgan fingerprint density at radius 2 is 1.63 bits per heavy atom. The van der Waals surface area contributed by atoms with Crippen molar-refractivity contribution in [2.24, 2.45) is 0 Å². The van der Waals surface area contributed by atoms with Crippen molar-refractivity contribution in [3.63, 3.8) is 0 Å². The molecule has 4 aromatic rings. The minimum Gasteiger partial charge on any atom is -0.493 e. The molecular formula is C28H30N4O5S. The third-order valence-electron chi connectivity index (χ3n) is 6.08. The van der Waals surface area contributed by atoms with Crippen LogP contribution in [0.2, 0.25) is 0 Å². The van der Waals surface area contributed by atoms with Crippen molar-refractivity contribution in [2.45, 2.75) is 25.3 Å². The van der Waals surface area contributed by atoms with Crippen molar-refractivity contribution >= 4 is 21.6 Å². The average Bonchev–Trinajstić information content (AvgIpc) is 3.36. The van der Waals surface area contributed by atoms with Gasteiger partial charge in [-0.15, -0.1) is 0 Å². The molecule has 0 radical (unpaired) electrons. The van der Waals surface area contributed by atoms with E-state index in [2.05, 4.69) is 10.3 Å². The van der Waals surface area contributed by atoms with E-state index in [-0.39, 0.29) is 17.1 Å². The lowest BCUT2D eigenvalue weighted by molar-refractivity contribution is -0.119. The zero-order valence-electron chi connectivity index (χ0n) is 21.7. The van der Waals surface area contributed by atoms with Crippen molar-refractivity contribution in [3.05, 3.63) is 96.1 Å². The summed E-state index contributed by atoms with van der Waals surface area (Å²) in [6, 6.07) is 18.9. The van der Waals surface area contributed by atoms with Crippen molar-refractivity contribution in [1.82, 2.24) is 14.9 Å². The molecule has 1 aromatic heterocycles. The van der Waals surface area contributed by atoms with Gasteiger partial charge >= 0.3 is 0 Å². The molecule has 0 unspecified atom stereocenters. The molecule has 0 bridgehead atoms. The van der Waals surface area contributed by atoms with E-state index in [0.717, 1.165) is 26.9 Å². The number of nitrogens with zero attached hydrogens (tertiary/aromatic N) is 3. The van der Waals surface area contributed by atoms with Gasteiger partial charge in [-0.3, -0.25) is 9.10 Å². The Balaban J connectivity index is 1.55. The van der Waals surface area contributed by atoms with Crippen LogP contribution in [0.3, 0.4) is 0 Å². The van der Waals surface area contributed by atoms with Crippen LogP contribution in [0.25, 0.3) is 5.69 Å². The predicted octanol–water partition coefficient (Wildman–Crippen LogP) is 4.02. The van der Waals surface area contributed by atoms with Crippen molar-refractivity contribution in [1.29, 1.82) is 0 Å². The normalized spacial score (nSPS) is 11.2. The summed E-state index contributed by atoms with van der Waals surface area (Å²) in [5.74, 6) is 1.21. The lowest BCUT2D eigenvalue weighted by Gasteiger charge is -2.25. The lowest BCUT2D eigenvalue weighted by atomic mass is 10.2. The Hall–Kier alpha value is -4.31. The number of sulfonamides is 1. The largest absolute Gasteiger partial charge is 0.493 e. The molecule has 9 nitrogen and oxygen atoms in total. The first-order valence-corrected chi connectivity index (χ1v) is 13.3. The van der Waals surface area contributed by atoms with Crippen molar-refractivity contribution < 1.29 is 22.7 Å². The topological polar surface area (TPSA) is 103 Å². The molecule has 0 aliphatic carbocycles. The molecule has 10 heteroatoms. The van der Waals surface area contributed by atoms with Crippen LogP contribution < -0.4 is 19.1 Å². The van der Waals surface area contributed by atoms with Crippen LogP contribution in [-0.4, -0.2) is 44.6 Å². The van der Waals surface area contributed by atoms with Gasteiger partial charge in [-0.2, -0.15) is 0 Å². The van der Waals surface area contributed by atoms with Gasteiger partial charge in [0.15, 0.2) is 11.5 Å². The van der Waals surface area contributed by atoms with Gasteiger partial charge in [-0.25, -0.2) is 13.4 Å². The summed E-state index contributed by atoms with van der Waals surface area (Å²) < 4.78 is 41.0. The second-order valence-electron chi connectivity index (χ2n) is 8.65. The first-order chi connectivity index (χ1) is 18.2. The summed E-state index contributed by atoms with van der Waals surface area (Å²) in [6.07, 6.45) is 3.61. The molecule has 0 spiro atoms. The number of nitrogens with one attached hydrogen (secondary N) is 1. The van der Waals surface area contributed by atoms with E-state index < -0.39 is 22.5 Å². The maximum absolute atomic E-state index is 13.7. The molecule has 1 amide bonds. The molecule has 0 atom stereocenters. The van der Waals surface area contributed by atoms with Gasteiger partial charge in [0.05, 0.1) is 24.8 Å². The maximum Gasteiger partial charge on any atom is 0.264 e. The van der Waals surface area contributed by atoms with E-state index in [1.807, 2.05) is 48.9 Å². The molecule has 0 aliphatic heterocycles. The van der Waals surface area contributed by atoms with Gasteiger partial charge in [-0.1, -0.05) is 29.8 Å². The smallest absolute Gasteiger partial charge is 0.264 e. The Kier molecular flexibility index (Phi) is 8.02. The molecule has 0 fully saturated rings. The number of hydrogen-bond donors (Lipinski definition) is 1. The van der Waals surface area contributed by atoms with Gasteiger partial charge in [0.1, 0.15) is 12.4 Å². The Morgan fingerprint density at radius 1 is 0.947 bits per heavy atom. The second-order valence-corrected chi connectivity index (χ2v) is 10.5. The highest BCUT2D eigenvalue weighted by Crippen LogP contribution is 2.33. The van der Waals surface area contributed by atoms with Crippen LogP contribution in [0.5, 0.6) is 11.5 Å². The molecule has 198 valence electrons. The summed E-state index contributed by atoms with van der Waals surface area (Å²) in [5.41, 5.74) is 3.03. The minimum absolute atomic E-state index is 0.0797. The number of rotatable bonds is 10. The van der Waals surface area contributed by atoms with E-state index >= 15 is 0 Å². The molecule has 4 rings (SSSR count). The minimum atomic E-state index is -4.06. The van der Waals surface area contributed by atoms with Gasteiger partial charge in [0.25, 0.3) is 10.0 Å². The van der Waals surface area contributed by atoms with Crippen LogP contribution >= 0.6 is 0 Å². The number of imidazole rings is 1. The molecule has 38 heavy (non-hydrogen) atoms. The standard InChI is InChI=1S/C28H30N4O5S/c1-20-5-12-25(13-6-20)38(34,35)32(24-11-14-26(36-3)27(17-24)37-4)19-28(33)30-18-22-7-9-23(10-8-22)31-16-15-29-21(31)2/h5-17H,18-19H2,1-4H3,(H,30,33). The number of carbonyl (C=O) groups excluding carboxylic acids is 1. The van der Waals surface area contributed by atoms with Gasteiger partial charge in [0, 0.05) is 30.7 Å². The highest BCUT2D eigenvalue weighted by molar-refractivity contribution is 7.92. The highest BCUT2D eigenvalue weighted by atomic mass is 32.2. The summed E-state index contributed by atoms with van der Waals surface area (Å²) in [6.45, 7) is 3.62. The number of carbonyl (C=O) groups is 1. The SMILES string of the molecule is COc1ccc(N(CC(=O)NCc2ccc(-n3ccnc3C)cc2)S(=O)(=O)c2ccc(C)cc2)cc1OC. The fourth-order valence-electron chi connectivity index (χ4n) is 3.94. The molecule has 1 N–H and O–H groups in total. The summed E-state index contributed by atoms with van der Waals surface area (Å²) >= 11 is 0. The Morgan fingerprint density at radius 3 is 2.24 bits per heavy atom. The second kappa shape index (κ2) is 11.4. The fraction of sp³-hybridized carbons (Fsp3) is 0.214. The van der Waals surface area contributed by atoms with Crippen molar-refractivity contribution in [2.75, 3.05) is 25.1 Å². The van der Waals surface area contributed by atoms with Crippen molar-refractivity contribution in [3.8, 4) is 17.2 Å². The highest BCUT2D eigenvalue weighted by Gasteiger charge is 2.28. The first-order valence-electron chi connectivity index (χ1n) is 11.9. The fourth-order valence-corrected chi connectivity index (χ4v) is 5.36. The third-order valence-corrected chi connectivity index (χ3v) is 7.87. The summed E-state index contributed by atoms with van der Waals surface area (Å²) in [5, 5.41) is 2.83. The predicted molar refractivity (Wildman–Crippen MR) is 145 cm³/mol. The number of ether oxygens (including phenoxy) is 2. The van der Waals surface area contributed by atoms with Crippen LogP contribution in [0, 0.1) is 13.8 Å². The molecule has 0 aliphatic rings. The molecule has 0 saturated carbocycles. The molecule has 0 saturated heterocycles. The zero-order chi connectivity index (χ0) is 27.3. The first kappa shape index (κ1) is 26.7. The number of hydrogen-bond acceptors (Lipinski definition) is 6. The number of aryl methyl sites for hydroxylation is 2. The lowest BCUT2D eigenvalue weighted by Crippen LogP contribution is -2.40. The average molecular weight is 535 g/mol. The van der Waals surface area contributed by atoms with E-state index in [9.17, 15) is 13.2 Å². The van der Waals surface area contributed by atoms with E-state index in [0.29, 0.717) is 11.5 Å². The molecule has 1 heterocycles. The number of benzene rings is 3. The molecular weight excluding hydrogens is 504 g/mol. The third kappa shape index (κ3) is 5.81. The van der Waals surface area contributed by atoms with Gasteiger partial charge in [0.2, 0.25) is 5.91 Å². The number of aromatic nitrogens is 2. The van der Waals surface area contributed by atoms with Crippen LogP contribution in [-0.2, 0) is 21.4 Å². The quantitative estimate of drug-likeness (QED) is 0.330. The Bertz CT molecular complexity index is 1510. The number of anilines is 1. The maximum atomic E-state index is 13.7. The number of amides is 1. The van der Waals surface area contributed by atoms with Gasteiger partial charge < -0.3 is 19.4 Å². The summed E-state index contributed by atoms with van der Waals surface area (Å²) in [4.78, 5) is 17.3. The van der Waals surface area contributed by atoms with E-state index in [1.54, 1.807) is 30.5 Å². The molecule has 3 aromatic carbocycles. The van der Waals surface area contributed by atoms with Crippen LogP contribution in [0.4, 0.5) is 5.69 Å². The van der Waals surface area contributed by atoms with Crippen LogP contribution in [0.15, 0.2) is 84.0 Å². The Labute approximate surface area is 222 Å². The van der Waals surface area contributed by atoms with Gasteiger partial charge in [-0.05, 0) is 55.8 Å². The van der Waals surface area contributed by atoms with E-state index in [4.69, 9.17) is 9.47 Å². The van der Waals surface area contributed by atoms with E-state index in [1.165, 1.54) is 32.4 Å². The summed E-state index contributed by atoms with van der Waals surface area (Å²) in [7, 11) is -1.10. The monoisotopic (exact) mass is 534 g/mol. The van der Waals surface area contributed by atoms with Crippen LogP contribution in [0.1, 0.15) is 17.0 Å². The number of methoxy groups -OCH3 is 2. The zero-order valence-corrected chi connectivity index (χ0v) is 22.5.